The van der Waals surface area contributed by atoms with E-state index in [2.05, 4.69) is 0 Å². The van der Waals surface area contributed by atoms with Crippen LogP contribution < -0.4 is 5.73 Å². The van der Waals surface area contributed by atoms with Crippen LogP contribution in [0.2, 0.25) is 0 Å². The number of primary amides is 1. The van der Waals surface area contributed by atoms with E-state index >= 15 is 0 Å². The smallest absolute Gasteiger partial charge is 0.329 e. The number of likely N-dealkylation sites (N-methyl/N-ethyl adjacent to an activating group) is 1. The van der Waals surface area contributed by atoms with Crippen molar-refractivity contribution >= 4 is 17.9 Å². The predicted molar refractivity (Wildman–Crippen MR) is 63.8 cm³/mol. The third-order valence-electron chi connectivity index (χ3n) is 3.33. The maximum Gasteiger partial charge on any atom is 0.329 e. The Labute approximate surface area is 106 Å². The number of hydrogen-bond acceptors (Lipinski definition) is 3. The number of nitrogens with zero attached hydrogens (tertiary/aromatic N) is 2. The van der Waals surface area contributed by atoms with Gasteiger partial charge in [0, 0.05) is 13.1 Å². The second-order valence-corrected chi connectivity index (χ2v) is 4.60. The Morgan fingerprint density at radius 3 is 2.50 bits per heavy atom. The molecule has 0 bridgehead atoms. The van der Waals surface area contributed by atoms with Gasteiger partial charge in [0.1, 0.15) is 12.1 Å². The first-order valence-corrected chi connectivity index (χ1v) is 5.91. The molecule has 0 saturated carbocycles. The molecular weight excluding hydrogens is 238 g/mol. The molecule has 7 heteroatoms. The second-order valence-electron chi connectivity index (χ2n) is 4.60. The minimum atomic E-state index is -1.19. The number of nitrogens with two attached hydrogens (primary N) is 1. The zero-order valence-electron chi connectivity index (χ0n) is 10.7. The van der Waals surface area contributed by atoms with Crippen molar-refractivity contribution in [2.75, 3.05) is 19.6 Å². The maximum atomic E-state index is 12.2. The van der Waals surface area contributed by atoms with Gasteiger partial charge in [-0.05, 0) is 26.7 Å². The molecule has 0 aromatic carbocycles. The van der Waals surface area contributed by atoms with Gasteiger partial charge in [-0.25, -0.2) is 9.59 Å². The van der Waals surface area contributed by atoms with Crippen molar-refractivity contribution in [3.05, 3.63) is 0 Å². The lowest BCUT2D eigenvalue weighted by atomic mass is 10.00. The van der Waals surface area contributed by atoms with Gasteiger partial charge in [-0.1, -0.05) is 0 Å². The van der Waals surface area contributed by atoms with Crippen molar-refractivity contribution in [3.63, 3.8) is 0 Å². The molecule has 1 aliphatic heterocycles. The molecule has 7 nitrogen and oxygen atoms in total. The van der Waals surface area contributed by atoms with Crippen LogP contribution in [0.15, 0.2) is 0 Å². The lowest BCUT2D eigenvalue weighted by molar-refractivity contribution is -0.147. The van der Waals surface area contributed by atoms with E-state index in [4.69, 9.17) is 5.73 Å². The zero-order valence-corrected chi connectivity index (χ0v) is 10.7. The van der Waals surface area contributed by atoms with Gasteiger partial charge in [0.15, 0.2) is 0 Å². The first-order chi connectivity index (χ1) is 8.32. The highest BCUT2D eigenvalue weighted by Crippen LogP contribution is 2.30. The number of aliphatic carboxylic acids is 1. The van der Waals surface area contributed by atoms with Crippen LogP contribution >= 0.6 is 0 Å². The molecule has 1 aliphatic rings. The van der Waals surface area contributed by atoms with Crippen LogP contribution in [0.5, 0.6) is 0 Å². The summed E-state index contributed by atoms with van der Waals surface area (Å²) in [5.74, 6) is -1.63. The zero-order chi connectivity index (χ0) is 13.9. The molecule has 0 aromatic rings. The molecule has 3 amide bonds. The van der Waals surface area contributed by atoms with Crippen molar-refractivity contribution in [3.8, 4) is 0 Å². The fourth-order valence-corrected chi connectivity index (χ4v) is 2.17. The van der Waals surface area contributed by atoms with E-state index in [0.717, 1.165) is 0 Å². The Bertz CT molecular complexity index is 371. The summed E-state index contributed by atoms with van der Waals surface area (Å²) in [4.78, 5) is 36.9. The summed E-state index contributed by atoms with van der Waals surface area (Å²) >= 11 is 0. The van der Waals surface area contributed by atoms with E-state index < -0.39 is 23.4 Å². The molecule has 0 spiro atoms. The van der Waals surface area contributed by atoms with Crippen molar-refractivity contribution in [2.45, 2.75) is 32.2 Å². The van der Waals surface area contributed by atoms with Gasteiger partial charge in [0.25, 0.3) is 0 Å². The summed E-state index contributed by atoms with van der Waals surface area (Å²) in [5, 5.41) is 9.22. The molecule has 1 fully saturated rings. The minimum Gasteiger partial charge on any atom is -0.480 e. The molecular formula is C11H19N3O4. The SMILES string of the molecule is CCN(CC(N)=O)C(=O)N1CCCC1(C)C(=O)O. The average Bonchev–Trinajstić information content (AvgIpc) is 2.68. The second kappa shape index (κ2) is 5.24. The third kappa shape index (κ3) is 2.55. The van der Waals surface area contributed by atoms with Gasteiger partial charge < -0.3 is 20.6 Å². The molecule has 102 valence electrons. The number of urea groups is 1. The third-order valence-corrected chi connectivity index (χ3v) is 3.33. The van der Waals surface area contributed by atoms with Crippen molar-refractivity contribution in [2.24, 2.45) is 5.73 Å². The molecule has 1 rings (SSSR count). The van der Waals surface area contributed by atoms with Crippen molar-refractivity contribution < 1.29 is 19.5 Å². The number of amides is 3. The molecule has 3 N–H and O–H groups in total. The molecule has 1 atom stereocenters. The molecule has 0 radical (unpaired) electrons. The molecule has 0 aliphatic carbocycles. The van der Waals surface area contributed by atoms with E-state index in [0.29, 0.717) is 25.9 Å². The number of hydrogen-bond donors (Lipinski definition) is 2. The Kier molecular flexibility index (Phi) is 4.15. The van der Waals surface area contributed by atoms with Crippen LogP contribution in [0.4, 0.5) is 4.79 Å². The first-order valence-electron chi connectivity index (χ1n) is 5.91. The molecule has 1 heterocycles. The summed E-state index contributed by atoms with van der Waals surface area (Å²) < 4.78 is 0. The number of carbonyl (C=O) groups excluding carboxylic acids is 2. The van der Waals surface area contributed by atoms with Gasteiger partial charge in [-0.3, -0.25) is 4.79 Å². The van der Waals surface area contributed by atoms with Crippen LogP contribution in [-0.2, 0) is 9.59 Å². The number of carboxylic acids is 1. The van der Waals surface area contributed by atoms with E-state index in [1.54, 1.807) is 6.92 Å². The van der Waals surface area contributed by atoms with Crippen LogP contribution in [0.1, 0.15) is 26.7 Å². The van der Waals surface area contributed by atoms with E-state index in [-0.39, 0.29) is 6.54 Å². The van der Waals surface area contributed by atoms with E-state index in [1.807, 2.05) is 0 Å². The number of likely N-dealkylation sites (tertiary alicyclic amines) is 1. The van der Waals surface area contributed by atoms with Crippen LogP contribution in [0.3, 0.4) is 0 Å². The van der Waals surface area contributed by atoms with Crippen molar-refractivity contribution in [1.82, 2.24) is 9.80 Å². The number of rotatable bonds is 4. The quantitative estimate of drug-likeness (QED) is 0.731. The largest absolute Gasteiger partial charge is 0.480 e. The summed E-state index contributed by atoms with van der Waals surface area (Å²) in [6.45, 7) is 3.75. The topological polar surface area (TPSA) is 104 Å². The van der Waals surface area contributed by atoms with E-state index in [9.17, 15) is 19.5 Å². The lowest BCUT2D eigenvalue weighted by Crippen LogP contribution is -2.56. The Morgan fingerprint density at radius 2 is 2.06 bits per heavy atom. The van der Waals surface area contributed by atoms with Gasteiger partial charge in [-0.15, -0.1) is 0 Å². The fourth-order valence-electron chi connectivity index (χ4n) is 2.17. The van der Waals surface area contributed by atoms with Gasteiger partial charge in [0.2, 0.25) is 5.91 Å². The Hall–Kier alpha value is -1.79. The lowest BCUT2D eigenvalue weighted by Gasteiger charge is -2.35. The number of carbonyl (C=O) groups is 3. The maximum absolute atomic E-state index is 12.2. The van der Waals surface area contributed by atoms with Crippen molar-refractivity contribution in [1.29, 1.82) is 0 Å². The predicted octanol–water partition coefficient (Wildman–Crippen LogP) is -0.147. The highest BCUT2D eigenvalue weighted by molar-refractivity contribution is 5.88. The monoisotopic (exact) mass is 257 g/mol. The summed E-state index contributed by atoms with van der Waals surface area (Å²) in [7, 11) is 0. The summed E-state index contributed by atoms with van der Waals surface area (Å²) in [6.07, 6.45) is 1.06. The normalized spacial score (nSPS) is 22.9. The molecule has 1 saturated heterocycles. The Morgan fingerprint density at radius 1 is 1.44 bits per heavy atom. The highest BCUT2D eigenvalue weighted by atomic mass is 16.4. The summed E-state index contributed by atoms with van der Waals surface area (Å²) in [6, 6.07) is -0.446. The standard InChI is InChI=1S/C11H19N3O4/c1-3-13(7-8(12)15)10(18)14-6-4-5-11(14,2)9(16)17/h3-7H2,1-2H3,(H2,12,15)(H,16,17). The fraction of sp³-hybridized carbons (Fsp3) is 0.727. The van der Waals surface area contributed by atoms with Crippen LogP contribution in [0.25, 0.3) is 0 Å². The molecule has 18 heavy (non-hydrogen) atoms. The van der Waals surface area contributed by atoms with Crippen LogP contribution in [-0.4, -0.2) is 58.0 Å². The number of carboxylic acid groups (broad SMARTS) is 1. The summed E-state index contributed by atoms with van der Waals surface area (Å²) in [5.41, 5.74) is 3.87. The molecule has 1 unspecified atom stereocenters. The highest BCUT2D eigenvalue weighted by Gasteiger charge is 2.47. The van der Waals surface area contributed by atoms with E-state index in [1.165, 1.54) is 16.7 Å². The van der Waals surface area contributed by atoms with Gasteiger partial charge >= 0.3 is 12.0 Å². The van der Waals surface area contributed by atoms with Crippen LogP contribution in [0, 0.1) is 0 Å². The molecule has 0 aromatic heterocycles. The average molecular weight is 257 g/mol. The first kappa shape index (κ1) is 14.3. The van der Waals surface area contributed by atoms with Gasteiger partial charge in [-0.2, -0.15) is 0 Å². The minimum absolute atomic E-state index is 0.193. The Balaban J connectivity index is 2.88. The van der Waals surface area contributed by atoms with Gasteiger partial charge in [0.05, 0.1) is 0 Å².